The summed E-state index contributed by atoms with van der Waals surface area (Å²) in [5.74, 6) is 1.10. The number of hydrogen-bond donors (Lipinski definition) is 2. The number of halogens is 1. The second kappa shape index (κ2) is 2.76. The molecule has 0 bridgehead atoms. The van der Waals surface area contributed by atoms with Crippen LogP contribution in [-0.4, -0.2) is 25.5 Å². The van der Waals surface area contributed by atoms with E-state index in [0.29, 0.717) is 5.92 Å². The molecule has 10 heavy (non-hydrogen) atoms. The molecule has 0 aromatic carbocycles. The Hall–Kier alpha value is -0.280. The van der Waals surface area contributed by atoms with Gasteiger partial charge in [0.1, 0.15) is 0 Å². The van der Waals surface area contributed by atoms with Crippen LogP contribution in [0.25, 0.3) is 0 Å². The van der Waals surface area contributed by atoms with Crippen LogP contribution < -0.4 is 10.6 Å². The van der Waals surface area contributed by atoms with Crippen LogP contribution in [0.5, 0.6) is 0 Å². The molecule has 2 atom stereocenters. The van der Waals surface area contributed by atoms with Gasteiger partial charge in [0.05, 0.1) is 5.92 Å². The van der Waals surface area contributed by atoms with E-state index in [0.717, 1.165) is 19.6 Å². The highest BCUT2D eigenvalue weighted by atomic mass is 35.5. The predicted octanol–water partition coefficient (Wildman–Crippen LogP) is -0.626. The van der Waals surface area contributed by atoms with Crippen molar-refractivity contribution in [1.29, 1.82) is 0 Å². The number of carbonyl (C=O) groups is 1. The lowest BCUT2D eigenvalue weighted by Gasteiger charge is -1.98. The van der Waals surface area contributed by atoms with E-state index in [1.165, 1.54) is 0 Å². The fourth-order valence-electron chi connectivity index (χ4n) is 1.62. The van der Waals surface area contributed by atoms with Crippen LogP contribution in [0.1, 0.15) is 0 Å². The zero-order chi connectivity index (χ0) is 6.27. The van der Waals surface area contributed by atoms with Gasteiger partial charge in [-0.1, -0.05) is 0 Å². The number of carbonyl (C=O) groups excluding carboxylic acids is 1. The number of fused-ring (bicyclic) bond motifs is 1. The molecule has 0 aliphatic carbocycles. The van der Waals surface area contributed by atoms with Crippen LogP contribution in [0.3, 0.4) is 0 Å². The minimum atomic E-state index is 0. The van der Waals surface area contributed by atoms with Crippen LogP contribution in [0.15, 0.2) is 0 Å². The molecule has 2 N–H and O–H groups in total. The van der Waals surface area contributed by atoms with Gasteiger partial charge < -0.3 is 10.6 Å². The predicted molar refractivity (Wildman–Crippen MR) is 40.1 cm³/mol. The molecule has 2 fully saturated rings. The first-order chi connectivity index (χ1) is 4.38. The fourth-order valence-corrected chi connectivity index (χ4v) is 1.62. The maximum Gasteiger partial charge on any atom is 0.224 e. The van der Waals surface area contributed by atoms with Crippen molar-refractivity contribution in [3.05, 3.63) is 0 Å². The molecule has 2 aliphatic rings. The summed E-state index contributed by atoms with van der Waals surface area (Å²) in [6, 6.07) is 0. The van der Waals surface area contributed by atoms with Gasteiger partial charge in [-0.3, -0.25) is 4.79 Å². The highest BCUT2D eigenvalue weighted by Gasteiger charge is 2.37. The van der Waals surface area contributed by atoms with Crippen LogP contribution >= 0.6 is 12.4 Å². The Morgan fingerprint density at radius 2 is 2.10 bits per heavy atom. The summed E-state index contributed by atoms with van der Waals surface area (Å²) in [5.41, 5.74) is 0. The van der Waals surface area contributed by atoms with Gasteiger partial charge in [0, 0.05) is 25.6 Å². The topological polar surface area (TPSA) is 41.1 Å². The molecule has 58 valence electrons. The molecular formula is C6H11ClN2O. The average Bonchev–Trinajstić information content (AvgIpc) is 2.35. The molecule has 4 heteroatoms. The Morgan fingerprint density at radius 1 is 1.30 bits per heavy atom. The molecule has 1 amide bonds. The highest BCUT2D eigenvalue weighted by Crippen LogP contribution is 2.20. The number of amides is 1. The quantitative estimate of drug-likeness (QED) is 0.498. The smallest absolute Gasteiger partial charge is 0.224 e. The molecule has 0 aromatic rings. The summed E-state index contributed by atoms with van der Waals surface area (Å²) in [6.07, 6.45) is 0. The molecule has 2 heterocycles. The molecule has 3 nitrogen and oxygen atoms in total. The highest BCUT2D eigenvalue weighted by molar-refractivity contribution is 5.85. The first-order valence-corrected chi connectivity index (χ1v) is 3.36. The van der Waals surface area contributed by atoms with Gasteiger partial charge in [0.25, 0.3) is 0 Å². The van der Waals surface area contributed by atoms with Gasteiger partial charge in [-0.2, -0.15) is 0 Å². The summed E-state index contributed by atoms with van der Waals surface area (Å²) in [5, 5.41) is 6.04. The molecule has 0 radical (unpaired) electrons. The van der Waals surface area contributed by atoms with Gasteiger partial charge >= 0.3 is 0 Å². The lowest BCUT2D eigenvalue weighted by molar-refractivity contribution is -0.122. The first kappa shape index (κ1) is 7.82. The monoisotopic (exact) mass is 162 g/mol. The molecule has 2 saturated heterocycles. The van der Waals surface area contributed by atoms with Gasteiger partial charge in [0.2, 0.25) is 5.91 Å². The van der Waals surface area contributed by atoms with E-state index in [2.05, 4.69) is 10.6 Å². The van der Waals surface area contributed by atoms with Crippen molar-refractivity contribution in [2.45, 2.75) is 0 Å². The molecule has 0 spiro atoms. The molecule has 2 rings (SSSR count). The Bertz CT molecular complexity index is 151. The van der Waals surface area contributed by atoms with Gasteiger partial charge in [-0.15, -0.1) is 12.4 Å². The van der Waals surface area contributed by atoms with Gasteiger partial charge in [-0.05, 0) is 0 Å². The van der Waals surface area contributed by atoms with E-state index >= 15 is 0 Å². The van der Waals surface area contributed by atoms with Crippen molar-refractivity contribution in [2.75, 3.05) is 19.6 Å². The standard InChI is InChI=1S/C6H10N2O.ClH/c9-6-5-3-7-1-4(5)2-8-6;/h4-5,7H,1-3H2,(H,8,9);1H/t4-,5+;/m1./s1. The Balaban J connectivity index is 0.000000500. The zero-order valence-electron chi connectivity index (χ0n) is 5.59. The van der Waals surface area contributed by atoms with E-state index in [9.17, 15) is 4.79 Å². The van der Waals surface area contributed by atoms with Gasteiger partial charge in [0.15, 0.2) is 0 Å². The number of hydrogen-bond acceptors (Lipinski definition) is 2. The second-order valence-corrected chi connectivity index (χ2v) is 2.77. The minimum absolute atomic E-state index is 0. The van der Waals surface area contributed by atoms with Crippen molar-refractivity contribution in [2.24, 2.45) is 11.8 Å². The first-order valence-electron chi connectivity index (χ1n) is 3.36. The van der Waals surface area contributed by atoms with Crippen LogP contribution in [0.4, 0.5) is 0 Å². The average molecular weight is 163 g/mol. The molecule has 2 aliphatic heterocycles. The molecule has 0 aromatic heterocycles. The molecular weight excluding hydrogens is 152 g/mol. The van der Waals surface area contributed by atoms with Crippen molar-refractivity contribution in [3.8, 4) is 0 Å². The van der Waals surface area contributed by atoms with E-state index in [1.807, 2.05) is 0 Å². The van der Waals surface area contributed by atoms with Crippen molar-refractivity contribution < 1.29 is 4.79 Å². The Kier molecular flexibility index (Phi) is 2.16. The van der Waals surface area contributed by atoms with Crippen LogP contribution in [0.2, 0.25) is 0 Å². The van der Waals surface area contributed by atoms with Crippen LogP contribution in [0, 0.1) is 11.8 Å². The SMILES string of the molecule is Cl.O=C1NC[C@H]2CNC[C@H]12. The number of rotatable bonds is 0. The lowest BCUT2D eigenvalue weighted by atomic mass is 10.0. The van der Waals surface area contributed by atoms with Crippen LogP contribution in [-0.2, 0) is 4.79 Å². The Labute approximate surface area is 66.0 Å². The minimum Gasteiger partial charge on any atom is -0.355 e. The summed E-state index contributed by atoms with van der Waals surface area (Å²) in [6.45, 7) is 2.79. The third-order valence-electron chi connectivity index (χ3n) is 2.22. The van der Waals surface area contributed by atoms with E-state index in [1.54, 1.807) is 0 Å². The normalized spacial score (nSPS) is 36.6. The third-order valence-corrected chi connectivity index (χ3v) is 2.22. The summed E-state index contributed by atoms with van der Waals surface area (Å²) in [4.78, 5) is 10.9. The second-order valence-electron chi connectivity index (χ2n) is 2.77. The maximum atomic E-state index is 10.9. The zero-order valence-corrected chi connectivity index (χ0v) is 6.41. The fraction of sp³-hybridized carbons (Fsp3) is 0.833. The largest absolute Gasteiger partial charge is 0.355 e. The Morgan fingerprint density at radius 3 is 2.80 bits per heavy atom. The van der Waals surface area contributed by atoms with E-state index in [4.69, 9.17) is 0 Å². The molecule has 0 unspecified atom stereocenters. The van der Waals surface area contributed by atoms with Crippen molar-refractivity contribution in [3.63, 3.8) is 0 Å². The lowest BCUT2D eigenvalue weighted by Crippen LogP contribution is -2.24. The van der Waals surface area contributed by atoms with E-state index < -0.39 is 0 Å². The molecule has 0 saturated carbocycles. The third kappa shape index (κ3) is 0.995. The van der Waals surface area contributed by atoms with E-state index in [-0.39, 0.29) is 24.2 Å². The number of nitrogens with one attached hydrogen (secondary N) is 2. The van der Waals surface area contributed by atoms with Crippen molar-refractivity contribution >= 4 is 18.3 Å². The van der Waals surface area contributed by atoms with Gasteiger partial charge in [-0.25, -0.2) is 0 Å². The van der Waals surface area contributed by atoms with Crippen molar-refractivity contribution in [1.82, 2.24) is 10.6 Å². The maximum absolute atomic E-state index is 10.9. The summed E-state index contributed by atoms with van der Waals surface area (Å²) < 4.78 is 0. The summed E-state index contributed by atoms with van der Waals surface area (Å²) >= 11 is 0. The summed E-state index contributed by atoms with van der Waals surface area (Å²) in [7, 11) is 0.